The first-order valence-corrected chi connectivity index (χ1v) is 7.75. The monoisotopic (exact) mass is 307 g/mol. The number of carbonyl (C=O) groups excluding carboxylic acids is 1. The Morgan fingerprint density at radius 2 is 1.91 bits per heavy atom. The average molecular weight is 307 g/mol. The Kier molecular flexibility index (Phi) is 3.30. The highest BCUT2D eigenvalue weighted by Crippen LogP contribution is 2.32. The predicted octanol–water partition coefficient (Wildman–Crippen LogP) is 3.99. The highest BCUT2D eigenvalue weighted by atomic mass is 16.5. The van der Waals surface area contributed by atoms with Gasteiger partial charge in [0.2, 0.25) is 0 Å². The Bertz CT molecular complexity index is 881. The number of para-hydroxylation sites is 2. The Morgan fingerprint density at radius 3 is 2.78 bits per heavy atom. The fraction of sp³-hybridized carbons (Fsp3) is 0.211. The SMILES string of the molecule is Cc1c(C(=O)N[C@H]2CCOc3ccccc32)oc2ccccc12. The molecule has 0 spiro atoms. The molecule has 0 aliphatic carbocycles. The van der Waals surface area contributed by atoms with Crippen molar-refractivity contribution in [1.29, 1.82) is 0 Å². The lowest BCUT2D eigenvalue weighted by molar-refractivity contribution is 0.0898. The minimum Gasteiger partial charge on any atom is -0.493 e. The second kappa shape index (κ2) is 5.47. The van der Waals surface area contributed by atoms with E-state index in [0.29, 0.717) is 12.4 Å². The maximum Gasteiger partial charge on any atom is 0.287 e. The molecular weight excluding hydrogens is 290 g/mol. The van der Waals surface area contributed by atoms with Gasteiger partial charge in [-0.25, -0.2) is 0 Å². The molecule has 0 bridgehead atoms. The summed E-state index contributed by atoms with van der Waals surface area (Å²) < 4.78 is 11.4. The molecule has 1 atom stereocenters. The summed E-state index contributed by atoms with van der Waals surface area (Å²) in [5, 5.41) is 4.06. The molecule has 1 amide bonds. The number of hydrogen-bond acceptors (Lipinski definition) is 3. The summed E-state index contributed by atoms with van der Waals surface area (Å²) in [6.45, 7) is 2.51. The number of benzene rings is 2. The maximum atomic E-state index is 12.7. The number of nitrogens with one attached hydrogen (secondary N) is 1. The van der Waals surface area contributed by atoms with E-state index in [1.54, 1.807) is 0 Å². The van der Waals surface area contributed by atoms with Gasteiger partial charge in [0.15, 0.2) is 5.76 Å². The lowest BCUT2D eigenvalue weighted by Gasteiger charge is -2.26. The van der Waals surface area contributed by atoms with Crippen molar-refractivity contribution < 1.29 is 13.9 Å². The molecule has 4 heteroatoms. The van der Waals surface area contributed by atoms with Gasteiger partial charge in [-0.3, -0.25) is 4.79 Å². The quantitative estimate of drug-likeness (QED) is 0.778. The standard InChI is InChI=1S/C19H17NO3/c1-12-13-6-2-5-9-17(13)23-18(12)19(21)20-15-10-11-22-16-8-4-3-7-14(15)16/h2-9,15H,10-11H2,1H3,(H,20,21)/t15-/m0/s1. The Morgan fingerprint density at radius 1 is 1.13 bits per heavy atom. The number of furan rings is 1. The average Bonchev–Trinajstić information content (AvgIpc) is 2.93. The number of hydrogen-bond donors (Lipinski definition) is 1. The van der Waals surface area contributed by atoms with Crippen molar-refractivity contribution in [3.63, 3.8) is 0 Å². The zero-order valence-electron chi connectivity index (χ0n) is 12.8. The van der Waals surface area contributed by atoms with Gasteiger partial charge in [-0.15, -0.1) is 0 Å². The van der Waals surface area contributed by atoms with Crippen LogP contribution in [-0.2, 0) is 0 Å². The molecular formula is C19H17NO3. The summed E-state index contributed by atoms with van der Waals surface area (Å²) in [5.41, 5.74) is 2.63. The van der Waals surface area contributed by atoms with Gasteiger partial charge in [-0.2, -0.15) is 0 Å². The summed E-state index contributed by atoms with van der Waals surface area (Å²) in [6, 6.07) is 15.5. The van der Waals surface area contributed by atoms with Gasteiger partial charge in [0.25, 0.3) is 5.91 Å². The zero-order valence-corrected chi connectivity index (χ0v) is 12.8. The van der Waals surface area contributed by atoms with Crippen molar-refractivity contribution in [2.45, 2.75) is 19.4 Å². The molecule has 2 aromatic carbocycles. The zero-order chi connectivity index (χ0) is 15.8. The molecule has 1 N–H and O–H groups in total. The summed E-state index contributed by atoms with van der Waals surface area (Å²) in [4.78, 5) is 12.7. The normalized spacial score (nSPS) is 16.7. The van der Waals surface area contributed by atoms with Gasteiger partial charge in [-0.1, -0.05) is 36.4 Å². The van der Waals surface area contributed by atoms with E-state index < -0.39 is 0 Å². The molecule has 1 aromatic heterocycles. The molecule has 0 saturated heterocycles. The van der Waals surface area contributed by atoms with Crippen LogP contribution in [0.5, 0.6) is 5.75 Å². The topological polar surface area (TPSA) is 51.5 Å². The van der Waals surface area contributed by atoms with Crippen molar-refractivity contribution in [2.75, 3.05) is 6.61 Å². The molecule has 0 unspecified atom stereocenters. The highest BCUT2D eigenvalue weighted by molar-refractivity contribution is 5.99. The Hall–Kier alpha value is -2.75. The number of fused-ring (bicyclic) bond motifs is 2. The molecule has 3 aromatic rings. The number of amides is 1. The first-order valence-electron chi connectivity index (χ1n) is 7.75. The van der Waals surface area contributed by atoms with E-state index in [1.165, 1.54) is 0 Å². The maximum absolute atomic E-state index is 12.7. The van der Waals surface area contributed by atoms with Crippen LogP contribution in [0.4, 0.5) is 0 Å². The van der Waals surface area contributed by atoms with E-state index in [2.05, 4.69) is 5.32 Å². The first kappa shape index (κ1) is 13.9. The van der Waals surface area contributed by atoms with E-state index in [9.17, 15) is 4.79 Å². The van der Waals surface area contributed by atoms with Gasteiger partial charge in [-0.05, 0) is 19.1 Å². The van der Waals surface area contributed by atoms with E-state index in [-0.39, 0.29) is 11.9 Å². The Balaban J connectivity index is 1.64. The van der Waals surface area contributed by atoms with E-state index in [4.69, 9.17) is 9.15 Å². The molecule has 4 nitrogen and oxygen atoms in total. The number of ether oxygens (including phenoxy) is 1. The second-order valence-electron chi connectivity index (χ2n) is 5.75. The number of aryl methyl sites for hydroxylation is 1. The van der Waals surface area contributed by atoms with Gasteiger partial charge in [0.05, 0.1) is 12.6 Å². The van der Waals surface area contributed by atoms with Crippen molar-refractivity contribution in [1.82, 2.24) is 5.32 Å². The van der Waals surface area contributed by atoms with Crippen molar-refractivity contribution >= 4 is 16.9 Å². The van der Waals surface area contributed by atoms with E-state index >= 15 is 0 Å². The van der Waals surface area contributed by atoms with E-state index in [1.807, 2.05) is 55.5 Å². The summed E-state index contributed by atoms with van der Waals surface area (Å²) in [7, 11) is 0. The lowest BCUT2D eigenvalue weighted by atomic mass is 10.0. The van der Waals surface area contributed by atoms with Crippen LogP contribution in [0.15, 0.2) is 52.9 Å². The smallest absolute Gasteiger partial charge is 0.287 e. The van der Waals surface area contributed by atoms with Crippen LogP contribution in [0.1, 0.15) is 34.1 Å². The second-order valence-corrected chi connectivity index (χ2v) is 5.75. The lowest BCUT2D eigenvalue weighted by Crippen LogP contribution is -2.32. The summed E-state index contributed by atoms with van der Waals surface area (Å²) in [6.07, 6.45) is 0.752. The fourth-order valence-corrected chi connectivity index (χ4v) is 3.11. The van der Waals surface area contributed by atoms with Crippen molar-refractivity contribution in [2.24, 2.45) is 0 Å². The van der Waals surface area contributed by atoms with Gasteiger partial charge in [0, 0.05) is 22.9 Å². The third kappa shape index (κ3) is 2.36. The Labute approximate surface area is 134 Å². The first-order chi connectivity index (χ1) is 11.2. The van der Waals surface area contributed by atoms with Crippen LogP contribution in [0.3, 0.4) is 0 Å². The summed E-state index contributed by atoms with van der Waals surface area (Å²) in [5.74, 6) is 1.04. The molecule has 2 heterocycles. The highest BCUT2D eigenvalue weighted by Gasteiger charge is 2.25. The van der Waals surface area contributed by atoms with Crippen LogP contribution >= 0.6 is 0 Å². The van der Waals surface area contributed by atoms with Gasteiger partial charge < -0.3 is 14.5 Å². The van der Waals surface area contributed by atoms with Crippen LogP contribution in [0.25, 0.3) is 11.0 Å². The van der Waals surface area contributed by atoms with Crippen LogP contribution < -0.4 is 10.1 Å². The van der Waals surface area contributed by atoms with Crippen LogP contribution in [0, 0.1) is 6.92 Å². The van der Waals surface area contributed by atoms with Crippen molar-refractivity contribution in [3.8, 4) is 5.75 Å². The van der Waals surface area contributed by atoms with E-state index in [0.717, 1.165) is 34.3 Å². The molecule has 1 aliphatic rings. The molecule has 0 fully saturated rings. The minimum absolute atomic E-state index is 0.0555. The molecule has 0 saturated carbocycles. The van der Waals surface area contributed by atoms with Crippen molar-refractivity contribution in [3.05, 3.63) is 65.4 Å². The number of carbonyl (C=O) groups is 1. The van der Waals surface area contributed by atoms with Gasteiger partial charge >= 0.3 is 0 Å². The van der Waals surface area contributed by atoms with Crippen LogP contribution in [0.2, 0.25) is 0 Å². The molecule has 0 radical (unpaired) electrons. The van der Waals surface area contributed by atoms with Crippen LogP contribution in [-0.4, -0.2) is 12.5 Å². The van der Waals surface area contributed by atoms with Gasteiger partial charge in [0.1, 0.15) is 11.3 Å². The largest absolute Gasteiger partial charge is 0.493 e. The summed E-state index contributed by atoms with van der Waals surface area (Å²) >= 11 is 0. The fourth-order valence-electron chi connectivity index (χ4n) is 3.11. The third-order valence-electron chi connectivity index (χ3n) is 4.31. The predicted molar refractivity (Wildman–Crippen MR) is 87.7 cm³/mol. The third-order valence-corrected chi connectivity index (χ3v) is 4.31. The molecule has 23 heavy (non-hydrogen) atoms. The molecule has 116 valence electrons. The molecule has 4 rings (SSSR count). The number of rotatable bonds is 2. The molecule has 1 aliphatic heterocycles. The minimum atomic E-state index is -0.180.